The SMILES string of the molecule is CC1(C)CC(c2cc(NC(=O)C3(C(F)(F)F)CC3)ccc2F)NC(=S)CO1. The van der Waals surface area contributed by atoms with E-state index in [1.165, 1.54) is 12.1 Å². The van der Waals surface area contributed by atoms with E-state index < -0.39 is 35.0 Å². The zero-order chi connectivity index (χ0) is 20.0. The number of carbonyl (C=O) groups excluding carboxylic acids is 1. The number of benzene rings is 1. The molecule has 2 fully saturated rings. The number of thiocarbonyl (C=S) groups is 1. The number of ether oxygens (including phenoxy) is 1. The van der Waals surface area contributed by atoms with Crippen molar-refractivity contribution in [2.75, 3.05) is 11.9 Å². The molecule has 1 heterocycles. The Balaban J connectivity index is 1.84. The minimum atomic E-state index is -4.60. The highest BCUT2D eigenvalue weighted by atomic mass is 32.1. The molecule has 2 aliphatic rings. The van der Waals surface area contributed by atoms with Crippen LogP contribution in [0, 0.1) is 11.2 Å². The first-order valence-corrected chi connectivity index (χ1v) is 8.95. The third kappa shape index (κ3) is 4.08. The smallest absolute Gasteiger partial charge is 0.371 e. The number of halogens is 4. The van der Waals surface area contributed by atoms with Gasteiger partial charge in [-0.2, -0.15) is 13.2 Å². The lowest BCUT2D eigenvalue weighted by atomic mass is 9.93. The van der Waals surface area contributed by atoms with Crippen LogP contribution in [-0.2, 0) is 9.53 Å². The van der Waals surface area contributed by atoms with E-state index >= 15 is 0 Å². The van der Waals surface area contributed by atoms with E-state index in [-0.39, 0.29) is 30.7 Å². The van der Waals surface area contributed by atoms with Gasteiger partial charge in [0.2, 0.25) is 5.91 Å². The van der Waals surface area contributed by atoms with Gasteiger partial charge < -0.3 is 15.4 Å². The second-order valence-electron chi connectivity index (χ2n) is 7.64. The second-order valence-corrected chi connectivity index (χ2v) is 8.14. The maximum Gasteiger partial charge on any atom is 0.403 e. The van der Waals surface area contributed by atoms with Crippen LogP contribution in [0.5, 0.6) is 0 Å². The summed E-state index contributed by atoms with van der Waals surface area (Å²) in [6.45, 7) is 3.89. The first-order chi connectivity index (χ1) is 12.4. The van der Waals surface area contributed by atoms with Crippen molar-refractivity contribution in [3.05, 3.63) is 29.6 Å². The molecule has 0 aromatic heterocycles. The summed E-state index contributed by atoms with van der Waals surface area (Å²) in [4.78, 5) is 12.6. The molecule has 1 aromatic carbocycles. The lowest BCUT2D eigenvalue weighted by Gasteiger charge is -2.27. The van der Waals surface area contributed by atoms with Gasteiger partial charge in [-0.05, 0) is 44.9 Å². The molecule has 0 radical (unpaired) electrons. The topological polar surface area (TPSA) is 50.4 Å². The Kier molecular flexibility index (Phi) is 4.96. The molecular weight excluding hydrogens is 384 g/mol. The third-order valence-corrected chi connectivity index (χ3v) is 5.22. The monoisotopic (exact) mass is 404 g/mol. The van der Waals surface area contributed by atoms with Gasteiger partial charge >= 0.3 is 6.18 Å². The first kappa shape index (κ1) is 20.0. The van der Waals surface area contributed by atoms with Gasteiger partial charge in [-0.15, -0.1) is 0 Å². The molecule has 1 saturated heterocycles. The highest BCUT2D eigenvalue weighted by molar-refractivity contribution is 7.80. The van der Waals surface area contributed by atoms with Crippen molar-refractivity contribution in [2.45, 2.75) is 50.9 Å². The summed E-state index contributed by atoms with van der Waals surface area (Å²) in [6.07, 6.45) is -4.68. The van der Waals surface area contributed by atoms with E-state index in [2.05, 4.69) is 10.6 Å². The molecule has 0 spiro atoms. The molecule has 4 nitrogen and oxygen atoms in total. The Hall–Kier alpha value is -1.74. The predicted molar refractivity (Wildman–Crippen MR) is 95.9 cm³/mol. The fraction of sp³-hybridized carbons (Fsp3) is 0.556. The van der Waals surface area contributed by atoms with E-state index in [1.807, 2.05) is 13.8 Å². The Morgan fingerprint density at radius 1 is 1.33 bits per heavy atom. The zero-order valence-corrected chi connectivity index (χ0v) is 15.7. The van der Waals surface area contributed by atoms with Crippen LogP contribution in [0.3, 0.4) is 0 Å². The lowest BCUT2D eigenvalue weighted by Crippen LogP contribution is -2.37. The van der Waals surface area contributed by atoms with Crippen LogP contribution < -0.4 is 10.6 Å². The molecule has 1 atom stereocenters. The van der Waals surface area contributed by atoms with E-state index in [0.717, 1.165) is 6.07 Å². The molecule has 1 unspecified atom stereocenters. The fourth-order valence-corrected chi connectivity index (χ4v) is 3.39. The van der Waals surface area contributed by atoms with Crippen LogP contribution >= 0.6 is 12.2 Å². The summed E-state index contributed by atoms with van der Waals surface area (Å²) in [6, 6.07) is 3.20. The molecule has 2 N–H and O–H groups in total. The predicted octanol–water partition coefficient (Wildman–Crippen LogP) is 4.26. The summed E-state index contributed by atoms with van der Waals surface area (Å²) in [7, 11) is 0. The highest BCUT2D eigenvalue weighted by Crippen LogP contribution is 2.58. The van der Waals surface area contributed by atoms with Crippen molar-refractivity contribution >= 4 is 28.8 Å². The zero-order valence-electron chi connectivity index (χ0n) is 14.9. The summed E-state index contributed by atoms with van der Waals surface area (Å²) in [5, 5.41) is 5.30. The van der Waals surface area contributed by atoms with Crippen molar-refractivity contribution in [1.82, 2.24) is 5.32 Å². The van der Waals surface area contributed by atoms with Crippen LogP contribution in [0.25, 0.3) is 0 Å². The van der Waals surface area contributed by atoms with Gasteiger partial charge in [0.25, 0.3) is 0 Å². The van der Waals surface area contributed by atoms with Gasteiger partial charge in [-0.25, -0.2) is 4.39 Å². The minimum absolute atomic E-state index is 0.114. The number of anilines is 1. The van der Waals surface area contributed by atoms with Gasteiger partial charge in [0.1, 0.15) is 16.2 Å². The fourth-order valence-electron chi connectivity index (χ4n) is 3.19. The van der Waals surface area contributed by atoms with E-state index in [1.54, 1.807) is 0 Å². The molecule has 1 aromatic rings. The Bertz CT molecular complexity index is 775. The van der Waals surface area contributed by atoms with E-state index in [0.29, 0.717) is 11.4 Å². The lowest BCUT2D eigenvalue weighted by molar-refractivity contribution is -0.189. The maximum absolute atomic E-state index is 14.4. The molecular formula is C18H20F4N2O2S. The summed E-state index contributed by atoms with van der Waals surface area (Å²) < 4.78 is 59.4. The molecule has 1 saturated carbocycles. The van der Waals surface area contributed by atoms with Crippen molar-refractivity contribution in [3.8, 4) is 0 Å². The van der Waals surface area contributed by atoms with E-state index in [9.17, 15) is 22.4 Å². The van der Waals surface area contributed by atoms with Crippen molar-refractivity contribution in [2.24, 2.45) is 5.41 Å². The van der Waals surface area contributed by atoms with Crippen LogP contribution in [0.2, 0.25) is 0 Å². The van der Waals surface area contributed by atoms with Crippen molar-refractivity contribution in [3.63, 3.8) is 0 Å². The van der Waals surface area contributed by atoms with E-state index in [4.69, 9.17) is 17.0 Å². The quantitative estimate of drug-likeness (QED) is 0.584. The summed E-state index contributed by atoms with van der Waals surface area (Å²) >= 11 is 5.16. The number of nitrogens with one attached hydrogen (secondary N) is 2. The number of carbonyl (C=O) groups is 1. The van der Waals surface area contributed by atoms with Crippen molar-refractivity contribution < 1.29 is 27.1 Å². The summed E-state index contributed by atoms with van der Waals surface area (Å²) in [5.41, 5.74) is -2.58. The minimum Gasteiger partial charge on any atom is -0.371 e. The molecule has 27 heavy (non-hydrogen) atoms. The first-order valence-electron chi connectivity index (χ1n) is 8.54. The molecule has 148 valence electrons. The largest absolute Gasteiger partial charge is 0.403 e. The average Bonchev–Trinajstić information content (AvgIpc) is 3.36. The van der Waals surface area contributed by atoms with Gasteiger partial charge in [0, 0.05) is 17.7 Å². The Morgan fingerprint density at radius 2 is 2.00 bits per heavy atom. The molecule has 0 bridgehead atoms. The van der Waals surface area contributed by atoms with Crippen LogP contribution in [-0.4, -0.2) is 29.3 Å². The Labute approximate surface area is 159 Å². The highest BCUT2D eigenvalue weighted by Gasteiger charge is 2.68. The second kappa shape index (κ2) is 6.70. The molecule has 3 rings (SSSR count). The Morgan fingerprint density at radius 3 is 2.59 bits per heavy atom. The van der Waals surface area contributed by atoms with Gasteiger partial charge in [-0.3, -0.25) is 4.79 Å². The van der Waals surface area contributed by atoms with Gasteiger partial charge in [-0.1, -0.05) is 12.2 Å². The van der Waals surface area contributed by atoms with Crippen LogP contribution in [0.15, 0.2) is 18.2 Å². The van der Waals surface area contributed by atoms with Crippen LogP contribution in [0.4, 0.5) is 23.2 Å². The van der Waals surface area contributed by atoms with Crippen LogP contribution in [0.1, 0.15) is 44.7 Å². The van der Waals surface area contributed by atoms with Gasteiger partial charge in [0.05, 0.1) is 18.2 Å². The number of alkyl halides is 3. The number of amides is 1. The molecule has 1 aliphatic heterocycles. The number of rotatable bonds is 3. The summed E-state index contributed by atoms with van der Waals surface area (Å²) in [5.74, 6) is -1.65. The van der Waals surface area contributed by atoms with Crippen molar-refractivity contribution in [1.29, 1.82) is 0 Å². The normalized spacial score (nSPS) is 23.9. The average molecular weight is 404 g/mol. The number of hydrogen-bond donors (Lipinski definition) is 2. The molecule has 1 amide bonds. The molecule has 9 heteroatoms. The maximum atomic E-state index is 14.4. The van der Waals surface area contributed by atoms with Gasteiger partial charge in [0.15, 0.2) is 0 Å². The molecule has 1 aliphatic carbocycles. The standard InChI is InChI=1S/C18H20F4N2O2S/c1-16(2)8-13(24-14(27)9-26-16)11-7-10(3-4-12(11)19)23-15(25)17(5-6-17)18(20,21)22/h3-4,7,13H,5-6,8-9H2,1-2H3,(H,23,25)(H,24,27). The third-order valence-electron chi connectivity index (χ3n) is 4.98. The number of hydrogen-bond acceptors (Lipinski definition) is 3.